The largest absolute Gasteiger partial charge is 0.493 e. The zero-order chi connectivity index (χ0) is 18.9. The second-order valence-electron chi connectivity index (χ2n) is 5.58. The molecule has 0 heterocycles. The van der Waals surface area contributed by atoms with E-state index >= 15 is 0 Å². The predicted octanol–water partition coefficient (Wildman–Crippen LogP) is 3.19. The number of amides is 1. The summed E-state index contributed by atoms with van der Waals surface area (Å²) in [6, 6.07) is 12.9. The monoisotopic (exact) mass is 359 g/mol. The number of nitrogens with one attached hydrogen (secondary N) is 1. The van der Waals surface area contributed by atoms with E-state index in [4.69, 9.17) is 18.9 Å². The lowest BCUT2D eigenvalue weighted by molar-refractivity contribution is -0.128. The van der Waals surface area contributed by atoms with Crippen molar-refractivity contribution >= 4 is 5.91 Å². The van der Waals surface area contributed by atoms with Gasteiger partial charge in [-0.05, 0) is 36.2 Å². The summed E-state index contributed by atoms with van der Waals surface area (Å²) in [4.78, 5) is 12.5. The Kier molecular flexibility index (Phi) is 7.14. The smallest absolute Gasteiger partial charge is 0.261 e. The van der Waals surface area contributed by atoms with Crippen LogP contribution >= 0.6 is 0 Å². The van der Waals surface area contributed by atoms with E-state index < -0.39 is 6.10 Å². The summed E-state index contributed by atoms with van der Waals surface area (Å²) >= 11 is 0. The molecule has 0 aliphatic rings. The van der Waals surface area contributed by atoms with Gasteiger partial charge in [0, 0.05) is 6.54 Å². The minimum absolute atomic E-state index is 0.176. The topological polar surface area (TPSA) is 66.0 Å². The highest BCUT2D eigenvalue weighted by molar-refractivity contribution is 5.81. The number of hydrogen-bond acceptors (Lipinski definition) is 5. The fraction of sp³-hybridized carbons (Fsp3) is 0.350. The number of carbonyl (C=O) groups is 1. The average molecular weight is 359 g/mol. The van der Waals surface area contributed by atoms with Crippen molar-refractivity contribution in [1.29, 1.82) is 0 Å². The lowest BCUT2D eigenvalue weighted by Crippen LogP contribution is -2.37. The molecule has 0 bridgehead atoms. The van der Waals surface area contributed by atoms with Gasteiger partial charge in [0.1, 0.15) is 5.75 Å². The van der Waals surface area contributed by atoms with Crippen molar-refractivity contribution in [1.82, 2.24) is 5.32 Å². The van der Waals surface area contributed by atoms with Crippen molar-refractivity contribution in [3.63, 3.8) is 0 Å². The summed E-state index contributed by atoms with van der Waals surface area (Å²) in [7, 11) is 4.66. The van der Waals surface area contributed by atoms with Gasteiger partial charge >= 0.3 is 0 Å². The molecule has 0 aromatic heterocycles. The number of carbonyl (C=O) groups excluding carboxylic acids is 1. The molecule has 6 heteroatoms. The van der Waals surface area contributed by atoms with Crippen molar-refractivity contribution in [2.75, 3.05) is 21.3 Å². The molecule has 0 aliphatic heterocycles. The summed E-state index contributed by atoms with van der Waals surface area (Å²) < 4.78 is 21.7. The summed E-state index contributed by atoms with van der Waals surface area (Å²) in [6.07, 6.45) is 0.00938. The Morgan fingerprint density at radius 2 is 1.62 bits per heavy atom. The van der Waals surface area contributed by atoms with Gasteiger partial charge in [-0.2, -0.15) is 0 Å². The minimum atomic E-state index is -0.556. The molecule has 1 atom stereocenters. The van der Waals surface area contributed by atoms with Crippen LogP contribution in [0.15, 0.2) is 42.5 Å². The minimum Gasteiger partial charge on any atom is -0.493 e. The third-order valence-electron chi connectivity index (χ3n) is 3.88. The second kappa shape index (κ2) is 9.56. The average Bonchev–Trinajstić information content (AvgIpc) is 2.69. The number of rotatable bonds is 9. The van der Waals surface area contributed by atoms with Crippen molar-refractivity contribution in [3.8, 4) is 23.0 Å². The molecule has 1 amide bonds. The highest BCUT2D eigenvalue weighted by Crippen LogP contribution is 2.38. The summed E-state index contributed by atoms with van der Waals surface area (Å²) in [5, 5.41) is 2.89. The molecule has 1 N–H and O–H groups in total. The third kappa shape index (κ3) is 4.81. The molecule has 6 nitrogen and oxygen atoms in total. The van der Waals surface area contributed by atoms with Crippen molar-refractivity contribution in [3.05, 3.63) is 48.0 Å². The molecule has 140 valence electrons. The Morgan fingerprint density at radius 3 is 2.12 bits per heavy atom. The van der Waals surface area contributed by atoms with Gasteiger partial charge in [-0.25, -0.2) is 0 Å². The van der Waals surface area contributed by atoms with Gasteiger partial charge in [-0.3, -0.25) is 4.79 Å². The molecular weight excluding hydrogens is 334 g/mol. The molecule has 2 aromatic rings. The first-order valence-electron chi connectivity index (χ1n) is 8.41. The molecule has 0 aliphatic carbocycles. The third-order valence-corrected chi connectivity index (χ3v) is 3.88. The van der Waals surface area contributed by atoms with Crippen LogP contribution in [0.3, 0.4) is 0 Å². The van der Waals surface area contributed by atoms with Gasteiger partial charge in [0.25, 0.3) is 5.91 Å². The standard InChI is InChI=1S/C20H25NO5/c1-5-16(26-15-9-7-6-8-10-15)20(22)21-13-14-11-17(23-2)19(25-4)18(12-14)24-3/h6-12,16H,5,13H2,1-4H3,(H,21,22)/t16-/m0/s1. The summed E-state index contributed by atoms with van der Waals surface area (Å²) in [5.41, 5.74) is 0.836. The lowest BCUT2D eigenvalue weighted by atomic mass is 10.1. The molecule has 0 unspecified atom stereocenters. The summed E-state index contributed by atoms with van der Waals surface area (Å²) in [5.74, 6) is 2.10. The maximum atomic E-state index is 12.5. The number of ether oxygens (including phenoxy) is 4. The molecular formula is C20H25NO5. The van der Waals surface area contributed by atoms with Gasteiger partial charge in [-0.15, -0.1) is 0 Å². The fourth-order valence-electron chi connectivity index (χ4n) is 2.53. The normalized spacial score (nSPS) is 11.4. The predicted molar refractivity (Wildman–Crippen MR) is 99.1 cm³/mol. The maximum Gasteiger partial charge on any atom is 0.261 e. The molecule has 2 aromatic carbocycles. The van der Waals surface area contributed by atoms with Crippen molar-refractivity contribution in [2.24, 2.45) is 0 Å². The van der Waals surface area contributed by atoms with Gasteiger partial charge in [-0.1, -0.05) is 25.1 Å². The molecule has 0 saturated heterocycles. The first kappa shape index (κ1) is 19.4. The van der Waals surface area contributed by atoms with E-state index in [2.05, 4.69) is 5.32 Å². The number of para-hydroxylation sites is 1. The van der Waals surface area contributed by atoms with E-state index in [1.54, 1.807) is 33.5 Å². The van der Waals surface area contributed by atoms with E-state index in [-0.39, 0.29) is 5.91 Å². The van der Waals surface area contributed by atoms with E-state index in [9.17, 15) is 4.79 Å². The van der Waals surface area contributed by atoms with E-state index in [1.807, 2.05) is 37.3 Å². The van der Waals surface area contributed by atoms with Crippen LogP contribution in [-0.2, 0) is 11.3 Å². The Morgan fingerprint density at radius 1 is 1.00 bits per heavy atom. The lowest BCUT2D eigenvalue weighted by Gasteiger charge is -2.18. The molecule has 0 fully saturated rings. The van der Waals surface area contributed by atoms with Crippen LogP contribution in [0.25, 0.3) is 0 Å². The Balaban J connectivity index is 2.05. The van der Waals surface area contributed by atoms with Crippen LogP contribution in [0.1, 0.15) is 18.9 Å². The summed E-state index contributed by atoms with van der Waals surface area (Å²) in [6.45, 7) is 2.23. The number of hydrogen-bond donors (Lipinski definition) is 1. The maximum absolute atomic E-state index is 12.5. The molecule has 0 spiro atoms. The van der Waals surface area contributed by atoms with Crippen molar-refractivity contribution in [2.45, 2.75) is 26.0 Å². The molecule has 26 heavy (non-hydrogen) atoms. The van der Waals surface area contributed by atoms with Crippen LogP contribution < -0.4 is 24.3 Å². The molecule has 0 saturated carbocycles. The van der Waals surface area contributed by atoms with Gasteiger partial charge < -0.3 is 24.3 Å². The van der Waals surface area contributed by atoms with Crippen LogP contribution in [0.5, 0.6) is 23.0 Å². The van der Waals surface area contributed by atoms with Crippen molar-refractivity contribution < 1.29 is 23.7 Å². The van der Waals surface area contributed by atoms with E-state index in [0.717, 1.165) is 5.56 Å². The Hall–Kier alpha value is -2.89. The zero-order valence-electron chi connectivity index (χ0n) is 15.6. The van der Waals surface area contributed by atoms with Gasteiger partial charge in [0.15, 0.2) is 17.6 Å². The van der Waals surface area contributed by atoms with Gasteiger partial charge in [0.05, 0.1) is 21.3 Å². The first-order chi connectivity index (χ1) is 12.6. The number of methoxy groups -OCH3 is 3. The fourth-order valence-corrected chi connectivity index (χ4v) is 2.53. The SMILES string of the molecule is CC[C@H](Oc1ccccc1)C(=O)NCc1cc(OC)c(OC)c(OC)c1. The highest BCUT2D eigenvalue weighted by atomic mass is 16.5. The molecule has 2 rings (SSSR count). The van der Waals surface area contributed by atoms with Crippen LogP contribution in [0, 0.1) is 0 Å². The second-order valence-corrected chi connectivity index (χ2v) is 5.58. The van der Waals surface area contributed by atoms with E-state index in [1.165, 1.54) is 0 Å². The van der Waals surface area contributed by atoms with Crippen LogP contribution in [0.4, 0.5) is 0 Å². The number of benzene rings is 2. The highest BCUT2D eigenvalue weighted by Gasteiger charge is 2.19. The molecule has 0 radical (unpaired) electrons. The zero-order valence-corrected chi connectivity index (χ0v) is 15.6. The first-order valence-corrected chi connectivity index (χ1v) is 8.41. The van der Waals surface area contributed by atoms with Crippen LogP contribution in [-0.4, -0.2) is 33.3 Å². The van der Waals surface area contributed by atoms with E-state index in [0.29, 0.717) is 36.0 Å². The Labute approximate surface area is 154 Å². The Bertz CT molecular complexity index is 692. The quantitative estimate of drug-likeness (QED) is 0.745. The van der Waals surface area contributed by atoms with Gasteiger partial charge in [0.2, 0.25) is 5.75 Å². The van der Waals surface area contributed by atoms with Crippen LogP contribution in [0.2, 0.25) is 0 Å².